The first-order valence-corrected chi connectivity index (χ1v) is 5.73. The normalized spacial score (nSPS) is 20.5. The fourth-order valence-corrected chi connectivity index (χ4v) is 2.36. The molecule has 4 heteroatoms. The van der Waals surface area contributed by atoms with Crippen molar-refractivity contribution in [1.82, 2.24) is 4.90 Å². The molecule has 0 saturated carbocycles. The predicted molar refractivity (Wildman–Crippen MR) is 62.8 cm³/mol. The zero-order chi connectivity index (χ0) is 11.7. The minimum atomic E-state index is -0.762. The van der Waals surface area contributed by atoms with E-state index in [1.54, 1.807) is 6.07 Å². The van der Waals surface area contributed by atoms with Crippen LogP contribution in [0, 0.1) is 0 Å². The highest BCUT2D eigenvalue weighted by Gasteiger charge is 2.29. The lowest BCUT2D eigenvalue weighted by atomic mass is 9.90. The number of hydrogen-bond acceptors (Lipinski definition) is 2. The van der Waals surface area contributed by atoms with Crippen LogP contribution in [-0.4, -0.2) is 29.1 Å². The van der Waals surface area contributed by atoms with Crippen LogP contribution in [0.25, 0.3) is 0 Å². The molecule has 1 aliphatic rings. The van der Waals surface area contributed by atoms with Crippen LogP contribution in [0.3, 0.4) is 0 Å². The molecule has 0 radical (unpaired) electrons. The lowest BCUT2D eigenvalue weighted by Crippen LogP contribution is -2.36. The standard InChI is InChI=1S/C12H14ClNO2/c1-2-14-6-8-5-9(13)3-4-10(8)11(7-14)12(15)16/h3-5,11H,2,6-7H2,1H3,(H,15,16). The first kappa shape index (κ1) is 11.4. The van der Waals surface area contributed by atoms with Crippen LogP contribution < -0.4 is 0 Å². The van der Waals surface area contributed by atoms with Crippen LogP contribution in [0.15, 0.2) is 18.2 Å². The molecule has 0 spiro atoms. The summed E-state index contributed by atoms with van der Waals surface area (Å²) in [5.41, 5.74) is 1.94. The molecule has 1 N–H and O–H groups in total. The smallest absolute Gasteiger partial charge is 0.312 e. The van der Waals surface area contributed by atoms with Crippen molar-refractivity contribution in [2.75, 3.05) is 13.1 Å². The highest BCUT2D eigenvalue weighted by molar-refractivity contribution is 6.30. The molecule has 16 heavy (non-hydrogen) atoms. The maximum absolute atomic E-state index is 11.2. The molecule has 0 aliphatic carbocycles. The van der Waals surface area contributed by atoms with E-state index in [0.29, 0.717) is 11.6 Å². The number of carboxylic acids is 1. The summed E-state index contributed by atoms with van der Waals surface area (Å²) >= 11 is 5.93. The summed E-state index contributed by atoms with van der Waals surface area (Å²) in [7, 11) is 0. The number of fused-ring (bicyclic) bond motifs is 1. The Hall–Kier alpha value is -1.06. The van der Waals surface area contributed by atoms with E-state index < -0.39 is 11.9 Å². The Morgan fingerprint density at radius 1 is 1.62 bits per heavy atom. The zero-order valence-corrected chi connectivity index (χ0v) is 9.87. The zero-order valence-electron chi connectivity index (χ0n) is 9.11. The summed E-state index contributed by atoms with van der Waals surface area (Å²) in [4.78, 5) is 13.3. The Morgan fingerprint density at radius 3 is 3.00 bits per heavy atom. The van der Waals surface area contributed by atoms with Gasteiger partial charge < -0.3 is 5.11 Å². The third kappa shape index (κ3) is 2.06. The molecule has 0 bridgehead atoms. The van der Waals surface area contributed by atoms with Gasteiger partial charge in [0.15, 0.2) is 0 Å². The highest BCUT2D eigenvalue weighted by Crippen LogP contribution is 2.30. The third-order valence-electron chi connectivity index (χ3n) is 3.06. The van der Waals surface area contributed by atoms with E-state index in [2.05, 4.69) is 4.90 Å². The summed E-state index contributed by atoms with van der Waals surface area (Å²) < 4.78 is 0. The van der Waals surface area contributed by atoms with Gasteiger partial charge in [-0.05, 0) is 29.8 Å². The number of carboxylic acid groups (broad SMARTS) is 1. The van der Waals surface area contributed by atoms with E-state index in [0.717, 1.165) is 24.2 Å². The van der Waals surface area contributed by atoms with Gasteiger partial charge in [-0.3, -0.25) is 9.69 Å². The molecule has 1 aromatic rings. The van der Waals surface area contributed by atoms with E-state index in [1.165, 1.54) is 0 Å². The van der Waals surface area contributed by atoms with Gasteiger partial charge in [0.1, 0.15) is 0 Å². The summed E-state index contributed by atoms with van der Waals surface area (Å²) in [6.07, 6.45) is 0. The van der Waals surface area contributed by atoms with Gasteiger partial charge in [0, 0.05) is 18.1 Å². The van der Waals surface area contributed by atoms with Crippen LogP contribution in [-0.2, 0) is 11.3 Å². The van der Waals surface area contributed by atoms with Crippen molar-refractivity contribution >= 4 is 17.6 Å². The SMILES string of the molecule is CCN1Cc2cc(Cl)ccc2C(C(=O)O)C1. The highest BCUT2D eigenvalue weighted by atomic mass is 35.5. The number of likely N-dealkylation sites (N-methyl/N-ethyl adjacent to an activating group) is 1. The monoisotopic (exact) mass is 239 g/mol. The maximum atomic E-state index is 11.2. The largest absolute Gasteiger partial charge is 0.481 e. The number of rotatable bonds is 2. The second-order valence-electron chi connectivity index (χ2n) is 4.06. The Labute approximate surface area is 99.6 Å². The van der Waals surface area contributed by atoms with Crippen LogP contribution in [0.1, 0.15) is 24.0 Å². The molecule has 86 valence electrons. The summed E-state index contributed by atoms with van der Waals surface area (Å²) in [6, 6.07) is 5.47. The van der Waals surface area contributed by atoms with Crippen LogP contribution in [0.5, 0.6) is 0 Å². The molecule has 1 aromatic carbocycles. The van der Waals surface area contributed by atoms with Crippen molar-refractivity contribution < 1.29 is 9.90 Å². The molecule has 0 fully saturated rings. The van der Waals surface area contributed by atoms with Crippen molar-refractivity contribution in [1.29, 1.82) is 0 Å². The van der Waals surface area contributed by atoms with Crippen molar-refractivity contribution in [2.45, 2.75) is 19.4 Å². The number of hydrogen-bond donors (Lipinski definition) is 1. The minimum absolute atomic E-state index is 0.430. The van der Waals surface area contributed by atoms with Crippen LogP contribution >= 0.6 is 11.6 Å². The van der Waals surface area contributed by atoms with Crippen molar-refractivity contribution in [3.05, 3.63) is 34.3 Å². The number of nitrogens with zero attached hydrogens (tertiary/aromatic N) is 1. The number of aliphatic carboxylic acids is 1. The third-order valence-corrected chi connectivity index (χ3v) is 3.30. The predicted octanol–water partition coefficient (Wildman–Crippen LogP) is 2.34. The van der Waals surface area contributed by atoms with Gasteiger partial charge in [0.25, 0.3) is 0 Å². The Kier molecular flexibility index (Phi) is 3.17. The van der Waals surface area contributed by atoms with E-state index >= 15 is 0 Å². The maximum Gasteiger partial charge on any atom is 0.312 e. The number of carbonyl (C=O) groups is 1. The van der Waals surface area contributed by atoms with Gasteiger partial charge in [-0.15, -0.1) is 0 Å². The Balaban J connectivity index is 2.42. The molecule has 0 saturated heterocycles. The minimum Gasteiger partial charge on any atom is -0.481 e. The lowest BCUT2D eigenvalue weighted by molar-refractivity contribution is -0.139. The summed E-state index contributed by atoms with van der Waals surface area (Å²) in [5, 5.41) is 9.88. The van der Waals surface area contributed by atoms with Gasteiger partial charge in [-0.2, -0.15) is 0 Å². The van der Waals surface area contributed by atoms with Gasteiger partial charge >= 0.3 is 5.97 Å². The Morgan fingerprint density at radius 2 is 2.38 bits per heavy atom. The topological polar surface area (TPSA) is 40.5 Å². The molecule has 0 aromatic heterocycles. The van der Waals surface area contributed by atoms with E-state index in [9.17, 15) is 9.90 Å². The number of benzene rings is 1. The molecular weight excluding hydrogens is 226 g/mol. The first-order valence-electron chi connectivity index (χ1n) is 5.35. The van der Waals surface area contributed by atoms with Crippen molar-refractivity contribution in [2.24, 2.45) is 0 Å². The number of halogens is 1. The van der Waals surface area contributed by atoms with Crippen LogP contribution in [0.2, 0.25) is 5.02 Å². The van der Waals surface area contributed by atoms with Gasteiger partial charge in [0.05, 0.1) is 5.92 Å². The van der Waals surface area contributed by atoms with Gasteiger partial charge in [0.2, 0.25) is 0 Å². The molecule has 2 rings (SSSR count). The Bertz CT molecular complexity index is 419. The van der Waals surface area contributed by atoms with Gasteiger partial charge in [-0.1, -0.05) is 24.6 Å². The average molecular weight is 240 g/mol. The summed E-state index contributed by atoms with van der Waals surface area (Å²) in [5.74, 6) is -1.19. The fraction of sp³-hybridized carbons (Fsp3) is 0.417. The molecule has 1 unspecified atom stereocenters. The second kappa shape index (κ2) is 4.44. The van der Waals surface area contributed by atoms with E-state index in [1.807, 2.05) is 19.1 Å². The van der Waals surface area contributed by atoms with E-state index in [-0.39, 0.29) is 0 Å². The van der Waals surface area contributed by atoms with Crippen molar-refractivity contribution in [3.63, 3.8) is 0 Å². The quantitative estimate of drug-likeness (QED) is 0.861. The lowest BCUT2D eigenvalue weighted by Gasteiger charge is -2.31. The molecule has 1 aliphatic heterocycles. The molecule has 0 amide bonds. The van der Waals surface area contributed by atoms with Gasteiger partial charge in [-0.25, -0.2) is 0 Å². The second-order valence-corrected chi connectivity index (χ2v) is 4.50. The first-order chi connectivity index (χ1) is 7.61. The molecular formula is C12H14ClNO2. The molecule has 1 atom stereocenters. The fourth-order valence-electron chi connectivity index (χ4n) is 2.17. The average Bonchev–Trinajstić information content (AvgIpc) is 2.26. The van der Waals surface area contributed by atoms with Crippen molar-refractivity contribution in [3.8, 4) is 0 Å². The molecule has 1 heterocycles. The molecule has 3 nitrogen and oxygen atoms in total. The summed E-state index contributed by atoms with van der Waals surface area (Å²) in [6.45, 7) is 4.26. The van der Waals surface area contributed by atoms with E-state index in [4.69, 9.17) is 11.6 Å². The van der Waals surface area contributed by atoms with Crippen LogP contribution in [0.4, 0.5) is 0 Å².